The van der Waals surface area contributed by atoms with Crippen LogP contribution in [0.3, 0.4) is 0 Å². The van der Waals surface area contributed by atoms with Gasteiger partial charge in [0.1, 0.15) is 6.54 Å². The van der Waals surface area contributed by atoms with Crippen LogP contribution < -0.4 is 10.6 Å². The summed E-state index contributed by atoms with van der Waals surface area (Å²) < 4.78 is 4.71. The van der Waals surface area contributed by atoms with Crippen molar-refractivity contribution in [3.05, 3.63) is 0 Å². The molecule has 2 N–H and O–H groups in total. The van der Waals surface area contributed by atoms with E-state index < -0.39 is 11.5 Å². The molecule has 0 saturated carbocycles. The van der Waals surface area contributed by atoms with Crippen LogP contribution in [0.2, 0.25) is 0 Å². The maximum atomic E-state index is 11.7. The molecule has 1 aliphatic heterocycles. The van der Waals surface area contributed by atoms with Crippen LogP contribution in [0.1, 0.15) is 26.7 Å². The Labute approximate surface area is 89.6 Å². The van der Waals surface area contributed by atoms with Crippen molar-refractivity contribution in [1.29, 1.82) is 0 Å². The Morgan fingerprint density at radius 1 is 1.53 bits per heavy atom. The molecule has 0 aliphatic carbocycles. The predicted octanol–water partition coefficient (Wildman–Crippen LogP) is -0.192. The quantitative estimate of drug-likeness (QED) is 0.636. The first-order valence-electron chi connectivity index (χ1n) is 5.27. The summed E-state index contributed by atoms with van der Waals surface area (Å²) in [5, 5.41) is 5.70. The van der Waals surface area contributed by atoms with E-state index in [9.17, 15) is 9.59 Å². The highest BCUT2D eigenvalue weighted by molar-refractivity contribution is 5.89. The standard InChI is InChI=1S/C10H18N2O3/c1-3-15-8(13)7-11-9(14)10(2)5-4-6-12-10/h12H,3-7H2,1-2H3,(H,11,14). The van der Waals surface area contributed by atoms with Gasteiger partial charge in [-0.05, 0) is 33.2 Å². The fraction of sp³-hybridized carbons (Fsp3) is 0.800. The smallest absolute Gasteiger partial charge is 0.325 e. The van der Waals surface area contributed by atoms with Crippen molar-refractivity contribution in [2.75, 3.05) is 19.7 Å². The highest BCUT2D eigenvalue weighted by Crippen LogP contribution is 2.18. The Hall–Kier alpha value is -1.10. The molecule has 5 nitrogen and oxygen atoms in total. The largest absolute Gasteiger partial charge is 0.465 e. The van der Waals surface area contributed by atoms with Gasteiger partial charge < -0.3 is 15.4 Å². The maximum Gasteiger partial charge on any atom is 0.325 e. The lowest BCUT2D eigenvalue weighted by Gasteiger charge is -2.22. The minimum atomic E-state index is -0.521. The summed E-state index contributed by atoms with van der Waals surface area (Å²) in [5.41, 5.74) is -0.521. The second-order valence-electron chi connectivity index (χ2n) is 3.85. The second-order valence-corrected chi connectivity index (χ2v) is 3.85. The Kier molecular flexibility index (Phi) is 4.08. The SMILES string of the molecule is CCOC(=O)CNC(=O)C1(C)CCCN1. The van der Waals surface area contributed by atoms with Gasteiger partial charge in [-0.2, -0.15) is 0 Å². The first-order valence-corrected chi connectivity index (χ1v) is 5.27. The third kappa shape index (κ3) is 3.20. The van der Waals surface area contributed by atoms with E-state index in [1.807, 2.05) is 6.92 Å². The number of esters is 1. The summed E-state index contributed by atoms with van der Waals surface area (Å²) in [5.74, 6) is -0.527. The summed E-state index contributed by atoms with van der Waals surface area (Å²) >= 11 is 0. The van der Waals surface area contributed by atoms with Crippen molar-refractivity contribution in [1.82, 2.24) is 10.6 Å². The Morgan fingerprint density at radius 2 is 2.27 bits per heavy atom. The van der Waals surface area contributed by atoms with E-state index in [1.165, 1.54) is 0 Å². The monoisotopic (exact) mass is 214 g/mol. The second kappa shape index (κ2) is 5.11. The van der Waals surface area contributed by atoms with E-state index in [1.54, 1.807) is 6.92 Å². The van der Waals surface area contributed by atoms with Crippen molar-refractivity contribution in [3.8, 4) is 0 Å². The van der Waals surface area contributed by atoms with Crippen LogP contribution >= 0.6 is 0 Å². The molecule has 0 bridgehead atoms. The van der Waals surface area contributed by atoms with Crippen LogP contribution in [0.5, 0.6) is 0 Å². The van der Waals surface area contributed by atoms with Gasteiger partial charge in [-0.1, -0.05) is 0 Å². The zero-order chi connectivity index (χ0) is 11.3. The molecule has 5 heteroatoms. The normalized spacial score (nSPS) is 24.9. The molecule has 0 spiro atoms. The number of ether oxygens (including phenoxy) is 1. The molecule has 0 radical (unpaired) electrons. The number of carbonyl (C=O) groups excluding carboxylic acids is 2. The number of carbonyl (C=O) groups is 2. The summed E-state index contributed by atoms with van der Waals surface area (Å²) in [6.45, 7) is 4.72. The highest BCUT2D eigenvalue weighted by atomic mass is 16.5. The molecule has 0 aromatic rings. The van der Waals surface area contributed by atoms with Crippen LogP contribution in [-0.2, 0) is 14.3 Å². The minimum Gasteiger partial charge on any atom is -0.465 e. The molecule has 1 saturated heterocycles. The van der Waals surface area contributed by atoms with Crippen LogP contribution in [0.15, 0.2) is 0 Å². The lowest BCUT2D eigenvalue weighted by atomic mass is 9.99. The van der Waals surface area contributed by atoms with Crippen LogP contribution in [0.4, 0.5) is 0 Å². The Bertz CT molecular complexity index is 247. The fourth-order valence-corrected chi connectivity index (χ4v) is 1.65. The lowest BCUT2D eigenvalue weighted by Crippen LogP contribution is -2.52. The van der Waals surface area contributed by atoms with Crippen molar-refractivity contribution in [2.45, 2.75) is 32.2 Å². The zero-order valence-electron chi connectivity index (χ0n) is 9.26. The molecule has 1 fully saturated rings. The van der Waals surface area contributed by atoms with Gasteiger partial charge in [-0.15, -0.1) is 0 Å². The van der Waals surface area contributed by atoms with Gasteiger partial charge in [0.2, 0.25) is 5.91 Å². The van der Waals surface area contributed by atoms with Crippen LogP contribution in [0, 0.1) is 0 Å². The van der Waals surface area contributed by atoms with Crippen LogP contribution in [-0.4, -0.2) is 37.1 Å². The molecule has 1 unspecified atom stereocenters. The minimum absolute atomic E-state index is 0.0516. The van der Waals surface area contributed by atoms with Crippen LogP contribution in [0.25, 0.3) is 0 Å². The summed E-state index contributed by atoms with van der Waals surface area (Å²) in [4.78, 5) is 22.7. The van der Waals surface area contributed by atoms with Gasteiger partial charge in [0.05, 0.1) is 12.1 Å². The van der Waals surface area contributed by atoms with Gasteiger partial charge in [-0.25, -0.2) is 0 Å². The molecule has 0 aromatic heterocycles. The zero-order valence-corrected chi connectivity index (χ0v) is 9.26. The maximum absolute atomic E-state index is 11.7. The lowest BCUT2D eigenvalue weighted by molar-refractivity contribution is -0.144. The average Bonchev–Trinajstić information content (AvgIpc) is 2.63. The molecular weight excluding hydrogens is 196 g/mol. The molecule has 0 aromatic carbocycles. The summed E-state index contributed by atoms with van der Waals surface area (Å²) in [6, 6.07) is 0. The number of hydrogen-bond acceptors (Lipinski definition) is 4. The van der Waals surface area contributed by atoms with Gasteiger partial charge in [0.15, 0.2) is 0 Å². The van der Waals surface area contributed by atoms with E-state index in [-0.39, 0.29) is 12.5 Å². The first kappa shape index (κ1) is 12.0. The van der Waals surface area contributed by atoms with Crippen molar-refractivity contribution in [2.24, 2.45) is 0 Å². The Balaban J connectivity index is 2.32. The number of rotatable bonds is 4. The third-order valence-electron chi connectivity index (χ3n) is 2.57. The molecule has 1 amide bonds. The number of hydrogen-bond donors (Lipinski definition) is 2. The number of nitrogens with one attached hydrogen (secondary N) is 2. The van der Waals surface area contributed by atoms with Gasteiger partial charge >= 0.3 is 5.97 Å². The van der Waals surface area contributed by atoms with Crippen molar-refractivity contribution >= 4 is 11.9 Å². The molecular formula is C10H18N2O3. The van der Waals surface area contributed by atoms with E-state index >= 15 is 0 Å². The van der Waals surface area contributed by atoms with E-state index in [0.29, 0.717) is 6.61 Å². The molecule has 86 valence electrons. The van der Waals surface area contributed by atoms with E-state index in [0.717, 1.165) is 19.4 Å². The van der Waals surface area contributed by atoms with Crippen molar-refractivity contribution < 1.29 is 14.3 Å². The molecule has 1 rings (SSSR count). The molecule has 1 atom stereocenters. The molecule has 1 aliphatic rings. The highest BCUT2D eigenvalue weighted by Gasteiger charge is 2.35. The van der Waals surface area contributed by atoms with Gasteiger partial charge in [-0.3, -0.25) is 9.59 Å². The summed E-state index contributed by atoms with van der Waals surface area (Å²) in [7, 11) is 0. The third-order valence-corrected chi connectivity index (χ3v) is 2.57. The fourth-order valence-electron chi connectivity index (χ4n) is 1.65. The Morgan fingerprint density at radius 3 is 2.80 bits per heavy atom. The van der Waals surface area contributed by atoms with Crippen molar-refractivity contribution in [3.63, 3.8) is 0 Å². The first-order chi connectivity index (χ1) is 7.08. The summed E-state index contributed by atoms with van der Waals surface area (Å²) in [6.07, 6.45) is 1.80. The molecule has 15 heavy (non-hydrogen) atoms. The average molecular weight is 214 g/mol. The predicted molar refractivity (Wildman–Crippen MR) is 55.3 cm³/mol. The topological polar surface area (TPSA) is 67.4 Å². The molecule has 1 heterocycles. The van der Waals surface area contributed by atoms with Gasteiger partial charge in [0, 0.05) is 0 Å². The number of amides is 1. The van der Waals surface area contributed by atoms with E-state index in [4.69, 9.17) is 4.74 Å². The van der Waals surface area contributed by atoms with E-state index in [2.05, 4.69) is 10.6 Å². The van der Waals surface area contributed by atoms with Gasteiger partial charge in [0.25, 0.3) is 0 Å².